The van der Waals surface area contributed by atoms with Gasteiger partial charge < -0.3 is 15.4 Å². The van der Waals surface area contributed by atoms with Crippen molar-refractivity contribution in [3.63, 3.8) is 0 Å². The lowest BCUT2D eigenvalue weighted by atomic mass is 9.97. The van der Waals surface area contributed by atoms with Gasteiger partial charge >= 0.3 is 0 Å². The Kier molecular flexibility index (Phi) is 6.84. The van der Waals surface area contributed by atoms with Crippen LogP contribution in [-0.4, -0.2) is 55.7 Å². The largest absolute Gasteiger partial charge is 0.373 e. The summed E-state index contributed by atoms with van der Waals surface area (Å²) in [4.78, 5) is 15.0. The normalized spacial score (nSPS) is 26.1. The zero-order valence-electron chi connectivity index (χ0n) is 15.2. The number of nitrogens with one attached hydrogen (secondary N) is 2. The second kappa shape index (κ2) is 9.32. The van der Waals surface area contributed by atoms with Crippen molar-refractivity contribution in [1.29, 1.82) is 0 Å². The van der Waals surface area contributed by atoms with Gasteiger partial charge in [-0.05, 0) is 31.4 Å². The van der Waals surface area contributed by atoms with E-state index < -0.39 is 0 Å². The molecule has 2 aliphatic rings. The Morgan fingerprint density at radius 1 is 1.40 bits per heavy atom. The van der Waals surface area contributed by atoms with Crippen molar-refractivity contribution in [3.05, 3.63) is 35.9 Å². The Morgan fingerprint density at radius 3 is 2.96 bits per heavy atom. The van der Waals surface area contributed by atoms with Gasteiger partial charge in [0.05, 0.1) is 24.7 Å². The van der Waals surface area contributed by atoms with Crippen molar-refractivity contribution >= 4 is 5.91 Å². The Morgan fingerprint density at radius 2 is 2.24 bits per heavy atom. The highest BCUT2D eigenvalue weighted by atomic mass is 16.5. The third-order valence-electron chi connectivity index (χ3n) is 5.31. The summed E-state index contributed by atoms with van der Waals surface area (Å²) in [6, 6.07) is 10.6. The Bertz CT molecular complexity index is 531. The van der Waals surface area contributed by atoms with Crippen LogP contribution in [0.25, 0.3) is 0 Å². The maximum Gasteiger partial charge on any atom is 0.224 e. The molecule has 25 heavy (non-hydrogen) atoms. The second-order valence-electron chi connectivity index (χ2n) is 7.20. The number of ether oxygens (including phenoxy) is 1. The predicted molar refractivity (Wildman–Crippen MR) is 99.3 cm³/mol. The molecule has 0 bridgehead atoms. The first-order valence-corrected chi connectivity index (χ1v) is 9.65. The molecular formula is C20H31N3O2. The van der Waals surface area contributed by atoms with E-state index in [1.54, 1.807) is 0 Å². The molecule has 1 amide bonds. The van der Waals surface area contributed by atoms with Crippen molar-refractivity contribution in [2.45, 2.75) is 44.9 Å². The van der Waals surface area contributed by atoms with E-state index in [0.717, 1.165) is 58.6 Å². The molecule has 0 aliphatic carbocycles. The van der Waals surface area contributed by atoms with Gasteiger partial charge in [0, 0.05) is 26.2 Å². The third-order valence-corrected chi connectivity index (χ3v) is 5.31. The van der Waals surface area contributed by atoms with Crippen LogP contribution in [0.2, 0.25) is 0 Å². The van der Waals surface area contributed by atoms with Crippen molar-refractivity contribution in [2.75, 3.05) is 32.8 Å². The van der Waals surface area contributed by atoms with Gasteiger partial charge in [-0.25, -0.2) is 0 Å². The number of carbonyl (C=O) groups excluding carboxylic acids is 1. The lowest BCUT2D eigenvalue weighted by Gasteiger charge is -2.37. The number of morpholine rings is 1. The highest BCUT2D eigenvalue weighted by Gasteiger charge is 2.30. The molecule has 5 heteroatoms. The van der Waals surface area contributed by atoms with Crippen molar-refractivity contribution in [3.8, 4) is 0 Å². The van der Waals surface area contributed by atoms with Crippen LogP contribution in [0, 0.1) is 5.92 Å². The SMILES string of the molecule is CCC(NC(=O)C1CCCNC1)C1CN(Cc2ccccc2)CCO1. The number of nitrogens with zero attached hydrogens (tertiary/aromatic N) is 1. The van der Waals surface area contributed by atoms with Crippen LogP contribution in [0.1, 0.15) is 31.7 Å². The van der Waals surface area contributed by atoms with E-state index in [0.29, 0.717) is 0 Å². The van der Waals surface area contributed by atoms with E-state index in [2.05, 4.69) is 46.7 Å². The molecule has 0 spiro atoms. The summed E-state index contributed by atoms with van der Waals surface area (Å²) in [6.07, 6.45) is 3.04. The molecule has 138 valence electrons. The van der Waals surface area contributed by atoms with E-state index >= 15 is 0 Å². The van der Waals surface area contributed by atoms with Crippen LogP contribution in [0.3, 0.4) is 0 Å². The molecule has 1 aromatic rings. The lowest BCUT2D eigenvalue weighted by Crippen LogP contribution is -2.54. The maximum atomic E-state index is 12.6. The van der Waals surface area contributed by atoms with Gasteiger partial charge in [0.2, 0.25) is 5.91 Å². The summed E-state index contributed by atoms with van der Waals surface area (Å²) in [7, 11) is 0. The number of amides is 1. The number of hydrogen-bond donors (Lipinski definition) is 2. The van der Waals surface area contributed by atoms with Crippen molar-refractivity contribution in [2.24, 2.45) is 5.92 Å². The van der Waals surface area contributed by atoms with Crippen LogP contribution in [0.5, 0.6) is 0 Å². The molecule has 2 fully saturated rings. The topological polar surface area (TPSA) is 53.6 Å². The highest BCUT2D eigenvalue weighted by Crippen LogP contribution is 2.16. The highest BCUT2D eigenvalue weighted by molar-refractivity contribution is 5.79. The number of benzene rings is 1. The molecule has 0 saturated carbocycles. The number of piperidine rings is 1. The van der Waals surface area contributed by atoms with E-state index in [9.17, 15) is 4.79 Å². The first-order valence-electron chi connectivity index (χ1n) is 9.65. The van der Waals surface area contributed by atoms with Crippen LogP contribution in [-0.2, 0) is 16.1 Å². The van der Waals surface area contributed by atoms with Crippen LogP contribution < -0.4 is 10.6 Å². The summed E-state index contributed by atoms with van der Waals surface area (Å²) >= 11 is 0. The first-order chi connectivity index (χ1) is 12.3. The fraction of sp³-hybridized carbons (Fsp3) is 0.650. The van der Waals surface area contributed by atoms with Gasteiger partial charge in [0.25, 0.3) is 0 Å². The Hall–Kier alpha value is -1.43. The van der Waals surface area contributed by atoms with Gasteiger partial charge in [-0.1, -0.05) is 37.3 Å². The standard InChI is InChI=1S/C20H31N3O2/c1-2-18(22-20(24)17-9-6-10-21-13-17)19-15-23(11-12-25-19)14-16-7-4-3-5-8-16/h3-5,7-8,17-19,21H,2,6,9-15H2,1H3,(H,22,24). The second-order valence-corrected chi connectivity index (χ2v) is 7.20. The van der Waals surface area contributed by atoms with Crippen LogP contribution in [0.4, 0.5) is 0 Å². The van der Waals surface area contributed by atoms with E-state index in [1.165, 1.54) is 5.56 Å². The fourth-order valence-electron chi connectivity index (χ4n) is 3.79. The van der Waals surface area contributed by atoms with Crippen molar-refractivity contribution < 1.29 is 9.53 Å². The molecule has 3 atom stereocenters. The molecule has 3 rings (SSSR count). The summed E-state index contributed by atoms with van der Waals surface area (Å²) in [5.74, 6) is 0.287. The number of hydrogen-bond acceptors (Lipinski definition) is 4. The Labute approximate surface area is 151 Å². The van der Waals surface area contributed by atoms with Gasteiger partial charge in [-0.15, -0.1) is 0 Å². The molecule has 2 heterocycles. The molecule has 2 saturated heterocycles. The van der Waals surface area contributed by atoms with Gasteiger partial charge in [0.1, 0.15) is 0 Å². The summed E-state index contributed by atoms with van der Waals surface area (Å²) in [6.45, 7) is 7.45. The monoisotopic (exact) mass is 345 g/mol. The fourth-order valence-corrected chi connectivity index (χ4v) is 3.79. The predicted octanol–water partition coefficient (Wildman–Crippen LogP) is 1.78. The molecule has 5 nitrogen and oxygen atoms in total. The third kappa shape index (κ3) is 5.27. The molecule has 0 aromatic heterocycles. The molecule has 2 N–H and O–H groups in total. The molecule has 2 aliphatic heterocycles. The number of carbonyl (C=O) groups is 1. The zero-order chi connectivity index (χ0) is 17.5. The maximum absolute atomic E-state index is 12.6. The molecular weight excluding hydrogens is 314 g/mol. The lowest BCUT2D eigenvalue weighted by molar-refractivity contribution is -0.128. The first kappa shape index (κ1) is 18.4. The minimum absolute atomic E-state index is 0.0722. The smallest absolute Gasteiger partial charge is 0.224 e. The minimum Gasteiger partial charge on any atom is -0.373 e. The average Bonchev–Trinajstić information content (AvgIpc) is 2.67. The van der Waals surface area contributed by atoms with Crippen LogP contribution in [0.15, 0.2) is 30.3 Å². The Balaban J connectivity index is 1.53. The quantitative estimate of drug-likeness (QED) is 0.825. The van der Waals surface area contributed by atoms with Crippen molar-refractivity contribution in [1.82, 2.24) is 15.5 Å². The van der Waals surface area contributed by atoms with Gasteiger partial charge in [0.15, 0.2) is 0 Å². The number of rotatable bonds is 6. The summed E-state index contributed by atoms with van der Waals surface area (Å²) < 4.78 is 6.02. The van der Waals surface area contributed by atoms with E-state index in [4.69, 9.17) is 4.74 Å². The summed E-state index contributed by atoms with van der Waals surface area (Å²) in [5, 5.41) is 6.58. The zero-order valence-corrected chi connectivity index (χ0v) is 15.2. The van der Waals surface area contributed by atoms with E-state index in [1.807, 2.05) is 6.07 Å². The van der Waals surface area contributed by atoms with Gasteiger partial charge in [-0.3, -0.25) is 9.69 Å². The average molecular weight is 345 g/mol. The molecule has 0 radical (unpaired) electrons. The molecule has 3 unspecified atom stereocenters. The van der Waals surface area contributed by atoms with Gasteiger partial charge in [-0.2, -0.15) is 0 Å². The molecule has 1 aromatic carbocycles. The van der Waals surface area contributed by atoms with E-state index in [-0.39, 0.29) is 24.0 Å². The van der Waals surface area contributed by atoms with Crippen LogP contribution >= 0.6 is 0 Å². The summed E-state index contributed by atoms with van der Waals surface area (Å²) in [5.41, 5.74) is 1.33. The minimum atomic E-state index is 0.0722.